The molecule has 0 bridgehead atoms. The zero-order chi connectivity index (χ0) is 86.9. The molecule has 0 fully saturated rings. The van der Waals surface area contributed by atoms with Gasteiger partial charge >= 0.3 is 5.97 Å². The van der Waals surface area contributed by atoms with Gasteiger partial charge in [0.1, 0.15) is 58.5 Å². The second kappa shape index (κ2) is 41.0. The number of ether oxygens (including phenoxy) is 2. The molecule has 0 atom stereocenters. The smallest absolute Gasteiger partial charge is 0.336 e. The summed E-state index contributed by atoms with van der Waals surface area (Å²) in [5.74, 6) is 3.07. The van der Waals surface area contributed by atoms with Crippen molar-refractivity contribution in [3.05, 3.63) is 262 Å². The summed E-state index contributed by atoms with van der Waals surface area (Å²) in [6.45, 7) is 53.2. The molecule has 19 heteroatoms. The minimum atomic E-state index is -0.938. The van der Waals surface area contributed by atoms with Crippen molar-refractivity contribution >= 4 is 79.8 Å². The lowest BCUT2D eigenvalue weighted by molar-refractivity contribution is -0.115. The molecule has 2 spiro atoms. The standard InChI is InChI=1S/C35H41N3O3.C31H37N3O2.C28H30N2O3.C4H5ClO.C3H9N/c1-7-36(8-2)25-17-19-29-32(22-25)41-33-23-26(37(9-3)10-4)18-20-30(33)35(29)28-15-12-11-14-27(28)34(40)38(35)21-13-16-31(39)24(5)6;1-6-19-34-30(35)24-13-11-12-14-25(24)31(34)26-17-15-22(32(7-2)8-3)20-28(26)36-29-21-23(16-18-27(29)31)33(9-4)10-5;1-5-29(6-2)19-13-15-23-25(17-19)33-26-18-20(30(7-3)8-4)14-16-24(26)27(23)21-11-9-10-12-22(21)28(31)32;1-3(2)4(5)6;1-2-3-4/h11-12,14-15,17-20,22-23H,5,7-10,13,16,21H2,1-4,6H3;11-18,20-21H,6-10,19H2,1-5H3;9-18H,5-8H2,1-4H3;1H2,2H3;2-4H2,1H3/p+1. The SMILES string of the molecule is C=C(C)C(=O)CCCN1C(=O)c2ccccc2C12c1ccc(N(CC)CC)cc1Oc1cc(N(CC)CC)ccc12.C=C(C)C(=O)Cl.CCCN.CCCN1C(=O)c2ccccc2C12c1ccc(N(CC)CC)cc1Oc1cc(N(CC)CC)ccc12.CCN(CC)c1ccc2c(-c3ccccc3C(=O)O)c3ccc(=[N+](CC)CC)cc-3oc2c1. The highest BCUT2D eigenvalue weighted by molar-refractivity contribution is 6.67. The van der Waals surface area contributed by atoms with Crippen molar-refractivity contribution in [2.45, 2.75) is 148 Å². The number of carbonyl (C=O) groups is 5. The third kappa shape index (κ3) is 17.9. The fourth-order valence-electron chi connectivity index (χ4n) is 17.3. The highest BCUT2D eigenvalue weighted by atomic mass is 35.5. The first-order valence-corrected chi connectivity index (χ1v) is 43.5. The summed E-state index contributed by atoms with van der Waals surface area (Å²) in [6.07, 6.45) is 2.87. The number of nitrogens with two attached hydrogens (primary N) is 1. The van der Waals surface area contributed by atoms with Crippen molar-refractivity contribution < 1.29 is 43.0 Å². The number of hydrogen-bond donors (Lipinski definition) is 2. The monoisotopic (exact) mass is 1640 g/mol. The molecule has 0 saturated heterocycles. The van der Waals surface area contributed by atoms with Crippen molar-refractivity contribution in [2.75, 3.05) is 123 Å². The number of anilines is 5. The molecule has 0 saturated carbocycles. The summed E-state index contributed by atoms with van der Waals surface area (Å²) in [6, 6.07) is 61.5. The van der Waals surface area contributed by atoms with Crippen molar-refractivity contribution in [2.24, 2.45) is 5.73 Å². The Morgan fingerprint density at radius 2 is 0.817 bits per heavy atom. The number of halogens is 1. The Balaban J connectivity index is 0.000000179. The van der Waals surface area contributed by atoms with Crippen molar-refractivity contribution in [3.63, 3.8) is 0 Å². The number of hydrogen-bond acceptors (Lipinski definition) is 14. The fraction of sp³-hybridized carbons (Fsp3) is 0.366. The largest absolute Gasteiger partial charge is 0.478 e. The Bertz CT molecular complexity index is 5250. The summed E-state index contributed by atoms with van der Waals surface area (Å²) in [4.78, 5) is 78.0. The molecule has 3 N–H and O–H groups in total. The number of aromatic carboxylic acids is 1. The molecule has 8 aromatic rings. The summed E-state index contributed by atoms with van der Waals surface area (Å²) in [5.41, 5.74) is 20.9. The molecule has 120 heavy (non-hydrogen) atoms. The van der Waals surface area contributed by atoms with Gasteiger partial charge in [0.25, 0.3) is 11.8 Å². The molecule has 5 aliphatic heterocycles. The van der Waals surface area contributed by atoms with E-state index in [0.29, 0.717) is 48.2 Å². The summed E-state index contributed by atoms with van der Waals surface area (Å²) in [5, 5.41) is 11.4. The summed E-state index contributed by atoms with van der Waals surface area (Å²) >= 11 is 4.87. The van der Waals surface area contributed by atoms with Crippen LogP contribution in [0.1, 0.15) is 201 Å². The van der Waals surface area contributed by atoms with Gasteiger partial charge in [-0.1, -0.05) is 106 Å². The number of carboxylic acid groups (broad SMARTS) is 1. The van der Waals surface area contributed by atoms with E-state index < -0.39 is 22.3 Å². The third-order valence-electron chi connectivity index (χ3n) is 23.5. The zero-order valence-corrected chi connectivity index (χ0v) is 74.2. The van der Waals surface area contributed by atoms with E-state index in [-0.39, 0.29) is 23.2 Å². The predicted octanol–water partition coefficient (Wildman–Crippen LogP) is 21.0. The molecule has 0 aromatic heterocycles. The van der Waals surface area contributed by atoms with Gasteiger partial charge in [0.2, 0.25) is 10.6 Å². The average molecular weight is 1640 g/mol. The van der Waals surface area contributed by atoms with E-state index in [2.05, 4.69) is 265 Å². The van der Waals surface area contributed by atoms with Gasteiger partial charge < -0.3 is 59.0 Å². The number of carboxylic acids is 1. The minimum Gasteiger partial charge on any atom is -0.478 e. The third-order valence-corrected chi connectivity index (χ3v) is 23.8. The minimum absolute atomic E-state index is 0.0252. The number of carbonyl (C=O) groups excluding carboxylic acids is 4. The van der Waals surface area contributed by atoms with E-state index in [1.165, 1.54) is 0 Å². The number of allylic oxidation sites excluding steroid dienone is 2. The van der Waals surface area contributed by atoms with E-state index >= 15 is 0 Å². The molecule has 0 unspecified atom stereocenters. The molecule has 5 heterocycles. The number of rotatable bonds is 28. The van der Waals surface area contributed by atoms with Gasteiger partial charge in [-0.3, -0.25) is 19.2 Å². The van der Waals surface area contributed by atoms with Crippen molar-refractivity contribution in [3.8, 4) is 45.4 Å². The molecule has 632 valence electrons. The molecule has 0 radical (unpaired) electrons. The van der Waals surface area contributed by atoms with E-state index in [0.717, 1.165) is 222 Å². The quantitative estimate of drug-likeness (QED) is 0.0204. The van der Waals surface area contributed by atoms with Crippen LogP contribution in [0.3, 0.4) is 0 Å². The van der Waals surface area contributed by atoms with E-state index in [1.54, 1.807) is 26.0 Å². The lowest BCUT2D eigenvalue weighted by Crippen LogP contribution is -2.47. The number of nitrogens with zero attached hydrogens (tertiary/aromatic N) is 8. The number of ketones is 1. The second-order valence-corrected chi connectivity index (χ2v) is 30.6. The molecule has 18 nitrogen and oxygen atoms in total. The number of benzene rings is 9. The molecule has 6 aliphatic rings. The zero-order valence-electron chi connectivity index (χ0n) is 73.4. The topological polar surface area (TPSA) is 189 Å². The molecule has 14 rings (SSSR count). The van der Waals surface area contributed by atoms with Crippen LogP contribution in [0, 0.1) is 0 Å². The van der Waals surface area contributed by atoms with Crippen LogP contribution < -0.4 is 49.6 Å². The van der Waals surface area contributed by atoms with Crippen LogP contribution in [0.4, 0.5) is 28.4 Å². The van der Waals surface area contributed by atoms with Gasteiger partial charge in [-0.2, -0.15) is 0 Å². The first-order valence-electron chi connectivity index (χ1n) is 43.1. The van der Waals surface area contributed by atoms with Gasteiger partial charge in [0.05, 0.1) is 11.6 Å². The summed E-state index contributed by atoms with van der Waals surface area (Å²) in [7, 11) is 0. The van der Waals surface area contributed by atoms with Gasteiger partial charge in [0.15, 0.2) is 5.78 Å². The molecule has 8 aromatic carbocycles. The van der Waals surface area contributed by atoms with Crippen LogP contribution in [0.15, 0.2) is 211 Å². The van der Waals surface area contributed by atoms with Crippen LogP contribution in [0.5, 0.6) is 23.0 Å². The van der Waals surface area contributed by atoms with Crippen molar-refractivity contribution in [1.29, 1.82) is 0 Å². The highest BCUT2D eigenvalue weighted by Gasteiger charge is 2.58. The van der Waals surface area contributed by atoms with Crippen LogP contribution in [0.2, 0.25) is 0 Å². The maximum atomic E-state index is 14.2. The maximum Gasteiger partial charge on any atom is 0.336 e. The van der Waals surface area contributed by atoms with Crippen LogP contribution in [0.25, 0.3) is 33.4 Å². The first kappa shape index (κ1) is 90.8. The normalized spacial score (nSPS) is 13.0. The summed E-state index contributed by atoms with van der Waals surface area (Å²) < 4.78 is 22.2. The number of amides is 2. The molecule has 2 amide bonds. The second-order valence-electron chi connectivity index (χ2n) is 30.2. The van der Waals surface area contributed by atoms with Crippen LogP contribution >= 0.6 is 11.6 Å². The Kier molecular flexibility index (Phi) is 31.0. The van der Waals surface area contributed by atoms with Crippen LogP contribution in [-0.2, 0) is 20.7 Å². The number of fused-ring (bicyclic) bond motifs is 14. The Morgan fingerprint density at radius 3 is 1.18 bits per heavy atom. The van der Waals surface area contributed by atoms with E-state index in [4.69, 9.17) is 31.2 Å². The van der Waals surface area contributed by atoms with Gasteiger partial charge in [-0.15, -0.1) is 0 Å². The van der Waals surface area contributed by atoms with Gasteiger partial charge in [-0.05, 0) is 217 Å². The molecular formula is C101H123ClN9O9+. The predicted molar refractivity (Wildman–Crippen MR) is 494 cm³/mol. The maximum absolute atomic E-state index is 14.2. The van der Waals surface area contributed by atoms with Crippen LogP contribution in [-0.4, -0.2) is 142 Å². The van der Waals surface area contributed by atoms with E-state index in [1.807, 2.05) is 53.4 Å². The molecular weight excluding hydrogens is 1520 g/mol. The van der Waals surface area contributed by atoms with Gasteiger partial charge in [0, 0.05) is 205 Å². The Labute approximate surface area is 716 Å². The van der Waals surface area contributed by atoms with Gasteiger partial charge in [-0.25, -0.2) is 9.37 Å². The van der Waals surface area contributed by atoms with Crippen molar-refractivity contribution in [1.82, 2.24) is 14.4 Å². The fourth-order valence-corrected chi connectivity index (χ4v) is 17.3. The lowest BCUT2D eigenvalue weighted by atomic mass is 9.74. The Morgan fingerprint density at radius 1 is 0.450 bits per heavy atom. The Hall–Kier alpha value is -11.5. The highest BCUT2D eigenvalue weighted by Crippen LogP contribution is 2.61. The first-order chi connectivity index (χ1) is 57.9. The number of Topliss-reactive ketones (excluding diaryl/α,β-unsaturated/α-hetero) is 1. The lowest BCUT2D eigenvalue weighted by Gasteiger charge is -2.45. The van der Waals surface area contributed by atoms with E-state index in [9.17, 15) is 29.1 Å². The average Bonchev–Trinajstić information content (AvgIpc) is 1.51. The molecule has 1 aliphatic carbocycles.